The highest BCUT2D eigenvalue weighted by Gasteiger charge is 2.19. The molecule has 4 nitrogen and oxygen atoms in total. The normalized spacial score (nSPS) is 22.9. The standard InChI is InChI=1S/C15H18ClN3O/c16-13-8-12-9(5-6-18-15(12)20)7-14(13)19-11-3-1-10(17)2-4-11/h5-8,10-11,19H,1-4,17H2,(H,18,20)/t10-,11-. The molecule has 0 spiro atoms. The van der Waals surface area contributed by atoms with Crippen molar-refractivity contribution in [3.05, 3.63) is 39.8 Å². The maximum atomic E-state index is 11.7. The van der Waals surface area contributed by atoms with E-state index in [0.29, 0.717) is 22.5 Å². The number of fused-ring (bicyclic) bond motifs is 1. The molecule has 4 N–H and O–H groups in total. The van der Waals surface area contributed by atoms with E-state index in [2.05, 4.69) is 10.3 Å². The van der Waals surface area contributed by atoms with Crippen molar-refractivity contribution >= 4 is 28.1 Å². The molecule has 0 atom stereocenters. The lowest BCUT2D eigenvalue weighted by atomic mass is 9.91. The van der Waals surface area contributed by atoms with Crippen LogP contribution in [0.1, 0.15) is 25.7 Å². The van der Waals surface area contributed by atoms with E-state index < -0.39 is 0 Å². The molecule has 0 unspecified atom stereocenters. The Kier molecular flexibility index (Phi) is 3.68. The SMILES string of the molecule is N[C@H]1CC[C@H](Nc2cc3cc[nH]c(=O)c3cc2Cl)CC1. The molecule has 0 aliphatic heterocycles. The molecule has 1 aliphatic rings. The zero-order valence-corrected chi connectivity index (χ0v) is 11.9. The lowest BCUT2D eigenvalue weighted by molar-refractivity contribution is 0.411. The Balaban J connectivity index is 1.88. The predicted octanol–water partition coefficient (Wildman–Crippen LogP) is 2.86. The fourth-order valence-corrected chi connectivity index (χ4v) is 3.02. The summed E-state index contributed by atoms with van der Waals surface area (Å²) in [6, 6.07) is 6.30. The fourth-order valence-electron chi connectivity index (χ4n) is 2.80. The molecule has 2 aromatic rings. The number of hydrogen-bond donors (Lipinski definition) is 3. The number of H-pyrrole nitrogens is 1. The van der Waals surface area contributed by atoms with E-state index in [4.69, 9.17) is 17.3 Å². The van der Waals surface area contributed by atoms with Crippen molar-refractivity contribution in [3.63, 3.8) is 0 Å². The summed E-state index contributed by atoms with van der Waals surface area (Å²) in [7, 11) is 0. The van der Waals surface area contributed by atoms with Gasteiger partial charge in [-0.15, -0.1) is 0 Å². The van der Waals surface area contributed by atoms with Gasteiger partial charge in [0.2, 0.25) is 0 Å². The number of aromatic nitrogens is 1. The van der Waals surface area contributed by atoms with Gasteiger partial charge in [-0.05, 0) is 49.3 Å². The first-order chi connectivity index (χ1) is 9.63. The quantitative estimate of drug-likeness (QED) is 0.797. The summed E-state index contributed by atoms with van der Waals surface area (Å²) in [6.45, 7) is 0. The fraction of sp³-hybridized carbons (Fsp3) is 0.400. The van der Waals surface area contributed by atoms with Crippen LogP contribution in [0, 0.1) is 0 Å². The van der Waals surface area contributed by atoms with Crippen molar-refractivity contribution in [1.29, 1.82) is 0 Å². The smallest absolute Gasteiger partial charge is 0.255 e. The zero-order valence-electron chi connectivity index (χ0n) is 11.2. The number of halogens is 1. The van der Waals surface area contributed by atoms with Crippen LogP contribution < -0.4 is 16.6 Å². The largest absolute Gasteiger partial charge is 0.381 e. The minimum Gasteiger partial charge on any atom is -0.381 e. The van der Waals surface area contributed by atoms with Gasteiger partial charge >= 0.3 is 0 Å². The third kappa shape index (κ3) is 2.67. The number of rotatable bonds is 2. The van der Waals surface area contributed by atoms with Gasteiger partial charge < -0.3 is 16.0 Å². The van der Waals surface area contributed by atoms with E-state index in [1.54, 1.807) is 12.3 Å². The average Bonchev–Trinajstić information content (AvgIpc) is 2.43. The van der Waals surface area contributed by atoms with Crippen molar-refractivity contribution in [2.45, 2.75) is 37.8 Å². The molecule has 20 heavy (non-hydrogen) atoms. The van der Waals surface area contributed by atoms with Gasteiger partial charge in [0.15, 0.2) is 0 Å². The molecule has 1 aromatic carbocycles. The van der Waals surface area contributed by atoms with E-state index in [0.717, 1.165) is 36.8 Å². The summed E-state index contributed by atoms with van der Waals surface area (Å²) in [5.74, 6) is 0. The van der Waals surface area contributed by atoms with Gasteiger partial charge in [-0.3, -0.25) is 4.79 Å². The van der Waals surface area contributed by atoms with E-state index in [1.807, 2.05) is 12.1 Å². The highest BCUT2D eigenvalue weighted by molar-refractivity contribution is 6.34. The number of hydrogen-bond acceptors (Lipinski definition) is 3. The van der Waals surface area contributed by atoms with Crippen molar-refractivity contribution in [2.24, 2.45) is 5.73 Å². The van der Waals surface area contributed by atoms with Crippen molar-refractivity contribution in [2.75, 3.05) is 5.32 Å². The minimum absolute atomic E-state index is 0.111. The molecule has 5 heteroatoms. The predicted molar refractivity (Wildman–Crippen MR) is 83.4 cm³/mol. The molecule has 0 bridgehead atoms. The second-order valence-corrected chi connectivity index (χ2v) is 5.89. The lowest BCUT2D eigenvalue weighted by Gasteiger charge is -2.28. The molecule has 1 heterocycles. The van der Waals surface area contributed by atoms with E-state index in [-0.39, 0.29) is 5.56 Å². The second-order valence-electron chi connectivity index (χ2n) is 5.48. The first-order valence-corrected chi connectivity index (χ1v) is 7.34. The van der Waals surface area contributed by atoms with Crippen LogP contribution >= 0.6 is 11.6 Å². The molecular weight excluding hydrogens is 274 g/mol. The highest BCUT2D eigenvalue weighted by Crippen LogP contribution is 2.29. The molecule has 3 rings (SSSR count). The number of benzene rings is 1. The maximum absolute atomic E-state index is 11.7. The van der Waals surface area contributed by atoms with Crippen LogP contribution in [0.4, 0.5) is 5.69 Å². The summed E-state index contributed by atoms with van der Waals surface area (Å²) < 4.78 is 0. The molecule has 1 fully saturated rings. The first kappa shape index (κ1) is 13.5. The van der Waals surface area contributed by atoms with Gasteiger partial charge in [-0.1, -0.05) is 11.6 Å². The Labute approximate surface area is 122 Å². The Morgan fingerprint density at radius 2 is 2.00 bits per heavy atom. The molecular formula is C15H18ClN3O. The van der Waals surface area contributed by atoms with Crippen LogP contribution in [-0.4, -0.2) is 17.1 Å². The van der Waals surface area contributed by atoms with E-state index in [1.165, 1.54) is 0 Å². The van der Waals surface area contributed by atoms with Gasteiger partial charge in [0.1, 0.15) is 0 Å². The third-order valence-electron chi connectivity index (χ3n) is 3.99. The molecule has 106 valence electrons. The summed E-state index contributed by atoms with van der Waals surface area (Å²) in [5, 5.41) is 5.58. The molecule has 1 saturated carbocycles. The van der Waals surface area contributed by atoms with Gasteiger partial charge in [-0.2, -0.15) is 0 Å². The van der Waals surface area contributed by atoms with Crippen LogP contribution in [0.3, 0.4) is 0 Å². The van der Waals surface area contributed by atoms with Crippen LogP contribution in [0.25, 0.3) is 10.8 Å². The Bertz CT molecular complexity index is 674. The summed E-state index contributed by atoms with van der Waals surface area (Å²) in [4.78, 5) is 14.4. The van der Waals surface area contributed by atoms with Gasteiger partial charge in [-0.25, -0.2) is 0 Å². The summed E-state index contributed by atoms with van der Waals surface area (Å²) >= 11 is 6.28. The first-order valence-electron chi connectivity index (χ1n) is 6.96. The summed E-state index contributed by atoms with van der Waals surface area (Å²) in [5.41, 5.74) is 6.70. The van der Waals surface area contributed by atoms with E-state index in [9.17, 15) is 4.79 Å². The zero-order chi connectivity index (χ0) is 14.1. The Morgan fingerprint density at radius 3 is 2.75 bits per heavy atom. The third-order valence-corrected chi connectivity index (χ3v) is 4.31. The van der Waals surface area contributed by atoms with Crippen molar-refractivity contribution < 1.29 is 0 Å². The number of pyridine rings is 1. The van der Waals surface area contributed by atoms with Crippen LogP contribution in [0.5, 0.6) is 0 Å². The monoisotopic (exact) mass is 291 g/mol. The minimum atomic E-state index is -0.111. The number of anilines is 1. The van der Waals surface area contributed by atoms with Crippen molar-refractivity contribution in [1.82, 2.24) is 4.98 Å². The van der Waals surface area contributed by atoms with Crippen molar-refractivity contribution in [3.8, 4) is 0 Å². The number of nitrogens with two attached hydrogens (primary N) is 1. The molecule has 1 aliphatic carbocycles. The Morgan fingerprint density at radius 1 is 1.25 bits per heavy atom. The number of nitrogens with one attached hydrogen (secondary N) is 2. The van der Waals surface area contributed by atoms with Crippen LogP contribution in [0.15, 0.2) is 29.2 Å². The lowest BCUT2D eigenvalue weighted by Crippen LogP contribution is -2.32. The molecule has 0 radical (unpaired) electrons. The Hall–Kier alpha value is -1.52. The topological polar surface area (TPSA) is 70.9 Å². The maximum Gasteiger partial charge on any atom is 0.255 e. The van der Waals surface area contributed by atoms with Gasteiger partial charge in [0.05, 0.1) is 10.7 Å². The highest BCUT2D eigenvalue weighted by atomic mass is 35.5. The van der Waals surface area contributed by atoms with E-state index >= 15 is 0 Å². The summed E-state index contributed by atoms with van der Waals surface area (Å²) in [6.07, 6.45) is 5.86. The average molecular weight is 292 g/mol. The van der Waals surface area contributed by atoms with Gasteiger partial charge in [0, 0.05) is 23.7 Å². The second kappa shape index (κ2) is 5.46. The molecule has 0 amide bonds. The number of aromatic amines is 1. The molecule has 0 saturated heterocycles. The van der Waals surface area contributed by atoms with Crippen LogP contribution in [-0.2, 0) is 0 Å². The van der Waals surface area contributed by atoms with Gasteiger partial charge in [0.25, 0.3) is 5.56 Å². The molecule has 1 aromatic heterocycles. The van der Waals surface area contributed by atoms with Crippen LogP contribution in [0.2, 0.25) is 5.02 Å².